The molecular formula is C10H12BrN5O. The molecule has 0 saturated carbocycles. The summed E-state index contributed by atoms with van der Waals surface area (Å²) in [5.41, 5.74) is 7.48. The zero-order chi connectivity index (χ0) is 12.4. The van der Waals surface area contributed by atoms with E-state index in [-0.39, 0.29) is 0 Å². The van der Waals surface area contributed by atoms with Gasteiger partial charge < -0.3 is 15.6 Å². The third-order valence-corrected chi connectivity index (χ3v) is 2.73. The number of nitrogens with one attached hydrogen (secondary N) is 1. The van der Waals surface area contributed by atoms with Crippen molar-refractivity contribution in [3.05, 3.63) is 27.7 Å². The fraction of sp³-hybridized carbons (Fsp3) is 0.300. The zero-order valence-electron chi connectivity index (χ0n) is 9.49. The highest BCUT2D eigenvalue weighted by Crippen LogP contribution is 2.16. The van der Waals surface area contributed by atoms with Crippen molar-refractivity contribution < 1.29 is 4.52 Å². The molecule has 0 atom stereocenters. The van der Waals surface area contributed by atoms with Crippen LogP contribution in [0.25, 0.3) is 0 Å². The minimum absolute atomic E-state index is 0.410. The monoisotopic (exact) mass is 297 g/mol. The van der Waals surface area contributed by atoms with Crippen molar-refractivity contribution in [1.29, 1.82) is 0 Å². The first-order chi connectivity index (χ1) is 8.06. The van der Waals surface area contributed by atoms with E-state index in [1.54, 1.807) is 6.07 Å². The van der Waals surface area contributed by atoms with Gasteiger partial charge in [-0.2, -0.15) is 4.98 Å². The summed E-state index contributed by atoms with van der Waals surface area (Å²) in [5.74, 6) is 1.67. The summed E-state index contributed by atoms with van der Waals surface area (Å²) in [4.78, 5) is 8.22. The van der Waals surface area contributed by atoms with E-state index < -0.39 is 0 Å². The second-order valence-electron chi connectivity index (χ2n) is 3.60. The van der Waals surface area contributed by atoms with Crippen molar-refractivity contribution in [3.63, 3.8) is 0 Å². The minimum atomic E-state index is 0.410. The maximum atomic E-state index is 5.62. The van der Waals surface area contributed by atoms with Crippen LogP contribution < -0.4 is 11.1 Å². The number of rotatable bonds is 3. The topological polar surface area (TPSA) is 89.9 Å². The molecule has 3 N–H and O–H groups in total. The van der Waals surface area contributed by atoms with E-state index in [0.717, 1.165) is 17.0 Å². The number of nitrogens with zero attached hydrogens (tertiary/aromatic N) is 3. The maximum Gasteiger partial charge on any atom is 0.225 e. The highest BCUT2D eigenvalue weighted by Gasteiger charge is 2.09. The molecule has 6 nitrogen and oxygen atoms in total. The van der Waals surface area contributed by atoms with Crippen molar-refractivity contribution in [2.45, 2.75) is 20.4 Å². The molecular weight excluding hydrogens is 286 g/mol. The van der Waals surface area contributed by atoms with Gasteiger partial charge in [0.1, 0.15) is 16.2 Å². The number of halogens is 1. The van der Waals surface area contributed by atoms with Crippen LogP contribution in [0.2, 0.25) is 0 Å². The number of nitrogen functional groups attached to an aromatic ring is 1. The number of aryl methyl sites for hydroxylation is 2. The lowest BCUT2D eigenvalue weighted by molar-refractivity contribution is 0.392. The van der Waals surface area contributed by atoms with Crippen molar-refractivity contribution >= 4 is 27.7 Å². The molecule has 2 aromatic rings. The van der Waals surface area contributed by atoms with Gasteiger partial charge in [0.05, 0.1) is 5.69 Å². The second-order valence-corrected chi connectivity index (χ2v) is 4.41. The van der Waals surface area contributed by atoms with Gasteiger partial charge in [0.15, 0.2) is 0 Å². The van der Waals surface area contributed by atoms with Gasteiger partial charge in [0, 0.05) is 18.2 Å². The van der Waals surface area contributed by atoms with Crippen LogP contribution >= 0.6 is 15.9 Å². The number of nitrogens with two attached hydrogens (primary N) is 1. The molecule has 0 radical (unpaired) electrons. The van der Waals surface area contributed by atoms with Crippen LogP contribution in [0.4, 0.5) is 11.8 Å². The van der Waals surface area contributed by atoms with E-state index in [1.165, 1.54) is 0 Å². The van der Waals surface area contributed by atoms with Crippen LogP contribution in [0.3, 0.4) is 0 Å². The minimum Gasteiger partial charge on any atom is -0.383 e. The molecule has 0 amide bonds. The Hall–Kier alpha value is -1.63. The first-order valence-corrected chi connectivity index (χ1v) is 5.81. The molecule has 0 aliphatic rings. The molecule has 0 fully saturated rings. The standard InChI is InChI=1S/C10H12BrN5O/c1-5-7(6(2)17-16-5)4-13-10-14-8(11)3-9(12)15-10/h3H,4H2,1-2H3,(H3,12,13,14,15). The Bertz CT molecular complexity index is 500. The first kappa shape index (κ1) is 11.8. The van der Waals surface area contributed by atoms with Gasteiger partial charge in [-0.05, 0) is 29.8 Å². The van der Waals surface area contributed by atoms with E-state index in [9.17, 15) is 0 Å². The molecule has 0 spiro atoms. The van der Waals surface area contributed by atoms with Crippen molar-refractivity contribution in [3.8, 4) is 0 Å². The van der Waals surface area contributed by atoms with Crippen LogP contribution in [0.15, 0.2) is 15.2 Å². The fourth-order valence-electron chi connectivity index (χ4n) is 1.44. The zero-order valence-corrected chi connectivity index (χ0v) is 11.1. The summed E-state index contributed by atoms with van der Waals surface area (Å²) in [6, 6.07) is 1.64. The molecule has 0 aliphatic heterocycles. The molecule has 0 saturated heterocycles. The Morgan fingerprint density at radius 2 is 2.18 bits per heavy atom. The number of anilines is 2. The summed E-state index contributed by atoms with van der Waals surface area (Å²) < 4.78 is 5.71. The molecule has 2 aromatic heterocycles. The molecule has 2 rings (SSSR count). The van der Waals surface area contributed by atoms with E-state index in [0.29, 0.717) is 22.9 Å². The van der Waals surface area contributed by atoms with Gasteiger partial charge in [-0.1, -0.05) is 5.16 Å². The predicted molar refractivity (Wildman–Crippen MR) is 67.4 cm³/mol. The lowest BCUT2D eigenvalue weighted by atomic mass is 10.2. The largest absolute Gasteiger partial charge is 0.383 e. The molecule has 0 unspecified atom stereocenters. The van der Waals surface area contributed by atoms with E-state index in [4.69, 9.17) is 10.3 Å². The molecule has 90 valence electrons. The van der Waals surface area contributed by atoms with Crippen LogP contribution in [0, 0.1) is 13.8 Å². The SMILES string of the molecule is Cc1noc(C)c1CNc1nc(N)cc(Br)n1. The quantitative estimate of drug-likeness (QED) is 0.843. The van der Waals surface area contributed by atoms with Gasteiger partial charge in [-0.25, -0.2) is 4.98 Å². The lowest BCUT2D eigenvalue weighted by Crippen LogP contribution is -2.06. The molecule has 0 aromatic carbocycles. The third kappa shape index (κ3) is 2.73. The Labute approximate surface area is 107 Å². The van der Waals surface area contributed by atoms with Gasteiger partial charge >= 0.3 is 0 Å². The van der Waals surface area contributed by atoms with E-state index >= 15 is 0 Å². The molecule has 0 aliphatic carbocycles. The van der Waals surface area contributed by atoms with Crippen molar-refractivity contribution in [2.75, 3.05) is 11.1 Å². The average Bonchev–Trinajstić information content (AvgIpc) is 2.55. The number of hydrogen-bond acceptors (Lipinski definition) is 6. The summed E-state index contributed by atoms with van der Waals surface area (Å²) in [7, 11) is 0. The third-order valence-electron chi connectivity index (χ3n) is 2.32. The Kier molecular flexibility index (Phi) is 3.28. The predicted octanol–water partition coefficient (Wildman–Crippen LogP) is 2.04. The van der Waals surface area contributed by atoms with Gasteiger partial charge in [0.25, 0.3) is 0 Å². The molecule has 0 bridgehead atoms. The molecule has 2 heterocycles. The lowest BCUT2D eigenvalue weighted by Gasteiger charge is -2.05. The highest BCUT2D eigenvalue weighted by molar-refractivity contribution is 9.10. The van der Waals surface area contributed by atoms with Gasteiger partial charge in [-0.3, -0.25) is 0 Å². The first-order valence-electron chi connectivity index (χ1n) is 5.02. The Balaban J connectivity index is 2.12. The molecule has 7 heteroatoms. The summed E-state index contributed by atoms with van der Waals surface area (Å²) in [6.07, 6.45) is 0. The van der Waals surface area contributed by atoms with Crippen LogP contribution in [0.1, 0.15) is 17.0 Å². The number of aromatic nitrogens is 3. The fourth-order valence-corrected chi connectivity index (χ4v) is 1.84. The second kappa shape index (κ2) is 4.70. The Morgan fingerprint density at radius 3 is 2.76 bits per heavy atom. The van der Waals surface area contributed by atoms with Crippen LogP contribution in [0.5, 0.6) is 0 Å². The van der Waals surface area contributed by atoms with Crippen molar-refractivity contribution in [2.24, 2.45) is 0 Å². The van der Waals surface area contributed by atoms with E-state index in [2.05, 4.69) is 36.4 Å². The van der Waals surface area contributed by atoms with Gasteiger partial charge in [0.2, 0.25) is 5.95 Å². The highest BCUT2D eigenvalue weighted by atomic mass is 79.9. The Morgan fingerprint density at radius 1 is 1.41 bits per heavy atom. The van der Waals surface area contributed by atoms with Crippen molar-refractivity contribution in [1.82, 2.24) is 15.1 Å². The molecule has 17 heavy (non-hydrogen) atoms. The smallest absolute Gasteiger partial charge is 0.225 e. The van der Waals surface area contributed by atoms with Crippen LogP contribution in [-0.2, 0) is 6.54 Å². The number of hydrogen-bond donors (Lipinski definition) is 2. The summed E-state index contributed by atoms with van der Waals surface area (Å²) in [6.45, 7) is 4.31. The maximum absolute atomic E-state index is 5.62. The van der Waals surface area contributed by atoms with Crippen LogP contribution in [-0.4, -0.2) is 15.1 Å². The average molecular weight is 298 g/mol. The van der Waals surface area contributed by atoms with E-state index in [1.807, 2.05) is 13.8 Å². The summed E-state index contributed by atoms with van der Waals surface area (Å²) in [5, 5.41) is 6.95. The summed E-state index contributed by atoms with van der Waals surface area (Å²) >= 11 is 3.26. The normalized spacial score (nSPS) is 10.5. The van der Waals surface area contributed by atoms with Gasteiger partial charge in [-0.15, -0.1) is 0 Å².